The summed E-state index contributed by atoms with van der Waals surface area (Å²) in [7, 11) is 0. The molecule has 18 heavy (non-hydrogen) atoms. The summed E-state index contributed by atoms with van der Waals surface area (Å²) in [5.41, 5.74) is 4.67. The van der Waals surface area contributed by atoms with E-state index in [2.05, 4.69) is 23.6 Å². The van der Waals surface area contributed by atoms with Crippen molar-refractivity contribution in [1.82, 2.24) is 5.32 Å². The number of nitrogens with one attached hydrogen (secondary N) is 2. The summed E-state index contributed by atoms with van der Waals surface area (Å²) in [6, 6.07) is 6.13. The Morgan fingerprint density at radius 1 is 1.22 bits per heavy atom. The van der Waals surface area contributed by atoms with Crippen LogP contribution in [0.5, 0.6) is 0 Å². The zero-order valence-corrected chi connectivity index (χ0v) is 10.2. The molecule has 0 atom stereocenters. The summed E-state index contributed by atoms with van der Waals surface area (Å²) in [6.07, 6.45) is 8.53. The van der Waals surface area contributed by atoms with Crippen molar-refractivity contribution in [3.63, 3.8) is 0 Å². The number of allylic oxidation sites excluding steroid dienone is 3. The van der Waals surface area contributed by atoms with E-state index in [1.54, 1.807) is 0 Å². The van der Waals surface area contributed by atoms with E-state index in [0.717, 1.165) is 23.4 Å². The average molecular weight is 238 g/mol. The number of anilines is 1. The van der Waals surface area contributed by atoms with Gasteiger partial charge in [0.15, 0.2) is 0 Å². The molecule has 1 amide bonds. The van der Waals surface area contributed by atoms with Crippen LogP contribution in [0.4, 0.5) is 5.69 Å². The Labute approximate surface area is 106 Å². The number of carbonyl (C=O) groups is 1. The van der Waals surface area contributed by atoms with Gasteiger partial charge in [0.05, 0.1) is 11.3 Å². The third-order valence-electron chi connectivity index (χ3n) is 3.22. The molecule has 0 unspecified atom stereocenters. The minimum atomic E-state index is -0.0410. The first kappa shape index (κ1) is 10.8. The standard InChI is InChI=1S/C15H14N2O/c1-2-10-6-7-11-13(9-10)17-15(18)14(11)12-5-3-4-8-16-12/h3-9,16H,2H2,1H3,(H,17,18)/b14-12-. The lowest BCUT2D eigenvalue weighted by Gasteiger charge is -2.09. The fraction of sp³-hybridized carbons (Fsp3) is 0.133. The molecule has 3 nitrogen and oxygen atoms in total. The number of fused-ring (bicyclic) bond motifs is 1. The van der Waals surface area contributed by atoms with Gasteiger partial charge in [0, 0.05) is 17.5 Å². The maximum Gasteiger partial charge on any atom is 0.258 e. The van der Waals surface area contributed by atoms with Crippen LogP contribution in [0.15, 0.2) is 48.3 Å². The molecule has 2 N–H and O–H groups in total. The predicted octanol–water partition coefficient (Wildman–Crippen LogP) is 2.59. The molecule has 0 aliphatic carbocycles. The number of carbonyl (C=O) groups excluding carboxylic acids is 1. The minimum Gasteiger partial charge on any atom is -0.361 e. The highest BCUT2D eigenvalue weighted by Gasteiger charge is 2.26. The van der Waals surface area contributed by atoms with Crippen molar-refractivity contribution in [2.24, 2.45) is 0 Å². The van der Waals surface area contributed by atoms with Gasteiger partial charge in [-0.3, -0.25) is 4.79 Å². The molecule has 2 aliphatic rings. The van der Waals surface area contributed by atoms with Gasteiger partial charge in [0.25, 0.3) is 5.91 Å². The maximum atomic E-state index is 12.1. The summed E-state index contributed by atoms with van der Waals surface area (Å²) in [4.78, 5) is 12.1. The highest BCUT2D eigenvalue weighted by molar-refractivity contribution is 6.32. The van der Waals surface area contributed by atoms with E-state index in [4.69, 9.17) is 0 Å². The zero-order valence-electron chi connectivity index (χ0n) is 10.2. The third-order valence-corrected chi connectivity index (χ3v) is 3.22. The molecule has 1 aromatic carbocycles. The third kappa shape index (κ3) is 1.64. The Hall–Kier alpha value is -2.29. The van der Waals surface area contributed by atoms with E-state index < -0.39 is 0 Å². The van der Waals surface area contributed by atoms with Crippen LogP contribution in [0.1, 0.15) is 18.1 Å². The lowest BCUT2D eigenvalue weighted by atomic mass is 10.0. The van der Waals surface area contributed by atoms with Crippen molar-refractivity contribution >= 4 is 17.2 Å². The number of dihydropyridines is 1. The molecule has 0 spiro atoms. The highest BCUT2D eigenvalue weighted by Crippen LogP contribution is 2.34. The Morgan fingerprint density at radius 3 is 2.83 bits per heavy atom. The first-order valence-electron chi connectivity index (χ1n) is 6.08. The molecule has 0 saturated heterocycles. The van der Waals surface area contributed by atoms with Crippen molar-refractivity contribution < 1.29 is 4.79 Å². The van der Waals surface area contributed by atoms with Gasteiger partial charge in [-0.2, -0.15) is 0 Å². The molecule has 2 heterocycles. The van der Waals surface area contributed by atoms with Crippen LogP contribution in [0.2, 0.25) is 0 Å². The minimum absolute atomic E-state index is 0.0410. The molecule has 3 heteroatoms. The van der Waals surface area contributed by atoms with Crippen molar-refractivity contribution in [3.05, 3.63) is 59.5 Å². The van der Waals surface area contributed by atoms with Crippen LogP contribution in [-0.2, 0) is 11.2 Å². The number of benzene rings is 1. The SMILES string of the molecule is CCc1ccc2c(c1)NC(=O)/C2=C1/C=CC=CN1. The maximum absolute atomic E-state index is 12.1. The molecule has 3 rings (SSSR count). The van der Waals surface area contributed by atoms with E-state index >= 15 is 0 Å². The molecule has 0 bridgehead atoms. The summed E-state index contributed by atoms with van der Waals surface area (Å²) in [5.74, 6) is -0.0410. The molecule has 90 valence electrons. The molecule has 1 aromatic rings. The highest BCUT2D eigenvalue weighted by atomic mass is 16.2. The van der Waals surface area contributed by atoms with Crippen LogP contribution >= 0.6 is 0 Å². The normalized spacial score (nSPS) is 20.6. The Balaban J connectivity index is 2.13. The van der Waals surface area contributed by atoms with Gasteiger partial charge in [0.2, 0.25) is 0 Å². The number of amides is 1. The van der Waals surface area contributed by atoms with E-state index in [-0.39, 0.29) is 5.91 Å². The number of rotatable bonds is 1. The first-order valence-corrected chi connectivity index (χ1v) is 6.08. The Kier molecular flexibility index (Phi) is 2.52. The summed E-state index contributed by atoms with van der Waals surface area (Å²) in [5, 5.41) is 6.04. The zero-order chi connectivity index (χ0) is 12.5. The van der Waals surface area contributed by atoms with Crippen LogP contribution in [0.3, 0.4) is 0 Å². The quantitative estimate of drug-likeness (QED) is 0.738. The van der Waals surface area contributed by atoms with Gasteiger partial charge in [0.1, 0.15) is 0 Å². The van der Waals surface area contributed by atoms with Crippen molar-refractivity contribution in [1.29, 1.82) is 0 Å². The smallest absolute Gasteiger partial charge is 0.258 e. The second-order valence-electron chi connectivity index (χ2n) is 4.34. The van der Waals surface area contributed by atoms with Crippen molar-refractivity contribution in [3.8, 4) is 0 Å². The molecule has 0 fully saturated rings. The van der Waals surface area contributed by atoms with Crippen LogP contribution < -0.4 is 10.6 Å². The number of hydrogen-bond donors (Lipinski definition) is 2. The molecule has 0 aromatic heterocycles. The van der Waals surface area contributed by atoms with Gasteiger partial charge >= 0.3 is 0 Å². The fourth-order valence-electron chi connectivity index (χ4n) is 2.26. The Bertz CT molecular complexity index is 609. The van der Waals surface area contributed by atoms with Crippen LogP contribution in [0, 0.1) is 0 Å². The molecule has 2 aliphatic heterocycles. The van der Waals surface area contributed by atoms with Gasteiger partial charge in [-0.25, -0.2) is 0 Å². The summed E-state index contributed by atoms with van der Waals surface area (Å²) in [6.45, 7) is 2.11. The topological polar surface area (TPSA) is 41.1 Å². The van der Waals surface area contributed by atoms with E-state index in [1.165, 1.54) is 5.56 Å². The van der Waals surface area contributed by atoms with E-state index in [9.17, 15) is 4.79 Å². The van der Waals surface area contributed by atoms with Crippen LogP contribution in [0.25, 0.3) is 5.57 Å². The average Bonchev–Trinajstić information content (AvgIpc) is 2.74. The van der Waals surface area contributed by atoms with E-state index in [1.807, 2.05) is 36.6 Å². The second-order valence-corrected chi connectivity index (χ2v) is 4.34. The summed E-state index contributed by atoms with van der Waals surface area (Å²) < 4.78 is 0. The lowest BCUT2D eigenvalue weighted by molar-refractivity contribution is -0.110. The van der Waals surface area contributed by atoms with Gasteiger partial charge in [-0.05, 0) is 30.2 Å². The van der Waals surface area contributed by atoms with Gasteiger partial charge < -0.3 is 10.6 Å². The van der Waals surface area contributed by atoms with Gasteiger partial charge in [-0.15, -0.1) is 0 Å². The van der Waals surface area contributed by atoms with Crippen molar-refractivity contribution in [2.45, 2.75) is 13.3 Å². The number of hydrogen-bond acceptors (Lipinski definition) is 2. The molecule has 0 saturated carbocycles. The van der Waals surface area contributed by atoms with Crippen molar-refractivity contribution in [2.75, 3.05) is 5.32 Å². The number of aryl methyl sites for hydroxylation is 1. The predicted molar refractivity (Wildman–Crippen MR) is 72.8 cm³/mol. The molecule has 0 radical (unpaired) electrons. The van der Waals surface area contributed by atoms with Gasteiger partial charge in [-0.1, -0.05) is 25.1 Å². The van der Waals surface area contributed by atoms with Crippen LogP contribution in [-0.4, -0.2) is 5.91 Å². The largest absolute Gasteiger partial charge is 0.361 e. The first-order chi connectivity index (χ1) is 8.79. The second kappa shape index (κ2) is 4.18. The monoisotopic (exact) mass is 238 g/mol. The van der Waals surface area contributed by atoms with E-state index in [0.29, 0.717) is 5.57 Å². The molecular weight excluding hydrogens is 224 g/mol. The molecular formula is C15H14N2O. The Morgan fingerprint density at radius 2 is 2.11 bits per heavy atom. The lowest BCUT2D eigenvalue weighted by Crippen LogP contribution is -2.13. The summed E-state index contributed by atoms with van der Waals surface area (Å²) >= 11 is 0. The fourth-order valence-corrected chi connectivity index (χ4v) is 2.26.